The van der Waals surface area contributed by atoms with E-state index in [4.69, 9.17) is 0 Å². The Balaban J connectivity index is 1.73. The monoisotopic (exact) mass is 335 g/mol. The number of aryl methyl sites for hydroxylation is 1. The van der Waals surface area contributed by atoms with Gasteiger partial charge in [0.15, 0.2) is 0 Å². The zero-order valence-electron chi connectivity index (χ0n) is 15.1. The van der Waals surface area contributed by atoms with Gasteiger partial charge in [-0.1, -0.05) is 12.1 Å². The van der Waals surface area contributed by atoms with Gasteiger partial charge in [0.2, 0.25) is 0 Å². The van der Waals surface area contributed by atoms with Gasteiger partial charge in [-0.05, 0) is 64.3 Å². The molecule has 0 aliphatic carbocycles. The third-order valence-corrected chi connectivity index (χ3v) is 4.78. The molecule has 1 aliphatic rings. The smallest absolute Gasteiger partial charge is 0.317 e. The molecule has 2 atom stereocenters. The summed E-state index contributed by atoms with van der Waals surface area (Å²) in [6, 6.07) is 7.46. The summed E-state index contributed by atoms with van der Waals surface area (Å²) in [7, 11) is 0. The van der Waals surface area contributed by atoms with Gasteiger partial charge in [0.05, 0.1) is 0 Å². The van der Waals surface area contributed by atoms with E-state index >= 15 is 0 Å². The van der Waals surface area contributed by atoms with Crippen LogP contribution in [0.2, 0.25) is 0 Å². The van der Waals surface area contributed by atoms with Crippen LogP contribution >= 0.6 is 0 Å². The van der Waals surface area contributed by atoms with Crippen molar-refractivity contribution in [3.63, 3.8) is 0 Å². The predicted octanol–water partition coefficient (Wildman–Crippen LogP) is 3.27. The second kappa shape index (κ2) is 9.02. The van der Waals surface area contributed by atoms with Crippen LogP contribution in [0.15, 0.2) is 24.3 Å². The van der Waals surface area contributed by atoms with Crippen molar-refractivity contribution in [1.29, 1.82) is 0 Å². The first-order valence-electron chi connectivity index (χ1n) is 9.04. The van der Waals surface area contributed by atoms with Crippen molar-refractivity contribution < 1.29 is 9.18 Å². The first-order chi connectivity index (χ1) is 11.5. The zero-order chi connectivity index (χ0) is 17.5. The van der Waals surface area contributed by atoms with E-state index in [2.05, 4.69) is 24.1 Å². The van der Waals surface area contributed by atoms with Crippen molar-refractivity contribution >= 4 is 6.03 Å². The maximum absolute atomic E-state index is 12.9. The summed E-state index contributed by atoms with van der Waals surface area (Å²) in [6.07, 6.45) is 3.21. The Bertz CT molecular complexity index is 520. The highest BCUT2D eigenvalue weighted by molar-refractivity contribution is 5.74. The van der Waals surface area contributed by atoms with E-state index in [0.717, 1.165) is 38.9 Å². The molecule has 1 fully saturated rings. The Morgan fingerprint density at radius 1 is 1.17 bits per heavy atom. The third kappa shape index (κ3) is 5.20. The van der Waals surface area contributed by atoms with Gasteiger partial charge in [0.1, 0.15) is 5.82 Å². The fraction of sp³-hybridized carbons (Fsp3) is 0.632. The number of benzene rings is 1. The number of piperazine rings is 1. The first kappa shape index (κ1) is 18.7. The number of carbonyl (C=O) groups excluding carboxylic acids is 1. The molecule has 2 amide bonds. The molecule has 1 aliphatic heterocycles. The summed E-state index contributed by atoms with van der Waals surface area (Å²) in [6.45, 7) is 9.69. The van der Waals surface area contributed by atoms with E-state index < -0.39 is 0 Å². The minimum Gasteiger partial charge on any atom is -0.338 e. The highest BCUT2D eigenvalue weighted by Gasteiger charge is 2.31. The van der Waals surface area contributed by atoms with Crippen molar-refractivity contribution in [1.82, 2.24) is 15.1 Å². The minimum atomic E-state index is -0.174. The van der Waals surface area contributed by atoms with Crippen molar-refractivity contribution in [2.24, 2.45) is 0 Å². The minimum absolute atomic E-state index is 0.0489. The molecule has 1 heterocycles. The topological polar surface area (TPSA) is 35.6 Å². The molecule has 0 aromatic heterocycles. The quantitative estimate of drug-likeness (QED) is 0.810. The molecule has 134 valence electrons. The number of rotatable bonds is 6. The third-order valence-electron chi connectivity index (χ3n) is 4.78. The lowest BCUT2D eigenvalue weighted by Gasteiger charge is -2.44. The summed E-state index contributed by atoms with van der Waals surface area (Å²) in [4.78, 5) is 16.5. The molecule has 2 rings (SSSR count). The van der Waals surface area contributed by atoms with Crippen molar-refractivity contribution in [3.05, 3.63) is 35.6 Å². The number of hydrogen-bond acceptors (Lipinski definition) is 2. The van der Waals surface area contributed by atoms with Crippen LogP contribution in [0, 0.1) is 5.82 Å². The Hall–Kier alpha value is -1.62. The van der Waals surface area contributed by atoms with Crippen molar-refractivity contribution in [2.45, 2.75) is 52.1 Å². The number of nitrogens with one attached hydrogen (secondary N) is 1. The van der Waals surface area contributed by atoms with Gasteiger partial charge >= 0.3 is 6.03 Å². The lowest BCUT2D eigenvalue weighted by atomic mass is 10.1. The van der Waals surface area contributed by atoms with E-state index in [9.17, 15) is 9.18 Å². The SMILES string of the molecule is CCNC(=O)N1C[C@H](C)N(CCCCc2ccc(F)cc2)C[C@@H]1C. The number of nitrogens with zero attached hydrogens (tertiary/aromatic N) is 2. The molecule has 5 heteroatoms. The highest BCUT2D eigenvalue weighted by Crippen LogP contribution is 2.16. The van der Waals surface area contributed by atoms with E-state index in [1.165, 1.54) is 17.7 Å². The Kier molecular flexibility index (Phi) is 7.03. The standard InChI is InChI=1S/C19H30FN3O/c1-4-21-19(24)23-14-15(2)22(13-16(23)3)12-6-5-7-17-8-10-18(20)11-9-17/h8-11,15-16H,4-7,12-14H2,1-3H3,(H,21,24)/t15-,16-/m0/s1. The van der Waals surface area contributed by atoms with Crippen LogP contribution in [-0.4, -0.2) is 54.1 Å². The first-order valence-corrected chi connectivity index (χ1v) is 9.04. The van der Waals surface area contributed by atoms with Crippen molar-refractivity contribution in [2.75, 3.05) is 26.2 Å². The van der Waals surface area contributed by atoms with E-state index in [1.807, 2.05) is 24.0 Å². The Morgan fingerprint density at radius 3 is 2.54 bits per heavy atom. The Labute approximate surface area is 145 Å². The molecular formula is C19H30FN3O. The molecule has 0 radical (unpaired) electrons. The van der Waals surface area contributed by atoms with E-state index in [1.54, 1.807) is 0 Å². The van der Waals surface area contributed by atoms with E-state index in [0.29, 0.717) is 12.6 Å². The van der Waals surface area contributed by atoms with Crippen LogP contribution in [0.25, 0.3) is 0 Å². The maximum Gasteiger partial charge on any atom is 0.317 e. The summed E-state index contributed by atoms with van der Waals surface area (Å²) in [5, 5.41) is 2.90. The Morgan fingerprint density at radius 2 is 1.88 bits per heavy atom. The number of carbonyl (C=O) groups is 1. The fourth-order valence-corrected chi connectivity index (χ4v) is 3.34. The summed E-state index contributed by atoms with van der Waals surface area (Å²) >= 11 is 0. The molecule has 0 unspecified atom stereocenters. The largest absolute Gasteiger partial charge is 0.338 e. The summed E-state index contributed by atoms with van der Waals surface area (Å²) < 4.78 is 12.9. The average molecular weight is 335 g/mol. The lowest BCUT2D eigenvalue weighted by molar-refractivity contribution is 0.0624. The van der Waals surface area contributed by atoms with Gasteiger partial charge in [-0.2, -0.15) is 0 Å². The number of hydrogen-bond donors (Lipinski definition) is 1. The average Bonchev–Trinajstić information content (AvgIpc) is 2.56. The molecule has 1 aromatic rings. The van der Waals surface area contributed by atoms with Gasteiger partial charge < -0.3 is 10.2 Å². The normalized spacial score (nSPS) is 21.8. The number of unbranched alkanes of at least 4 members (excludes halogenated alkanes) is 1. The van der Waals surface area contributed by atoms with Gasteiger partial charge in [0, 0.05) is 31.7 Å². The van der Waals surface area contributed by atoms with E-state index in [-0.39, 0.29) is 17.9 Å². The van der Waals surface area contributed by atoms with Gasteiger partial charge in [-0.3, -0.25) is 4.90 Å². The van der Waals surface area contributed by atoms with Crippen LogP contribution in [0.1, 0.15) is 39.2 Å². The fourth-order valence-electron chi connectivity index (χ4n) is 3.34. The predicted molar refractivity (Wildman–Crippen MR) is 95.6 cm³/mol. The molecule has 0 saturated carbocycles. The van der Waals surface area contributed by atoms with Crippen molar-refractivity contribution in [3.8, 4) is 0 Å². The summed E-state index contributed by atoms with van der Waals surface area (Å²) in [5.74, 6) is -0.174. The maximum atomic E-state index is 12.9. The summed E-state index contributed by atoms with van der Waals surface area (Å²) in [5.41, 5.74) is 1.19. The van der Waals surface area contributed by atoms with Crippen LogP contribution in [-0.2, 0) is 6.42 Å². The zero-order valence-corrected chi connectivity index (χ0v) is 15.1. The van der Waals surface area contributed by atoms with Gasteiger partial charge in [-0.25, -0.2) is 9.18 Å². The molecule has 0 spiro atoms. The molecule has 1 N–H and O–H groups in total. The molecular weight excluding hydrogens is 305 g/mol. The van der Waals surface area contributed by atoms with Crippen LogP contribution in [0.4, 0.5) is 9.18 Å². The second-order valence-corrected chi connectivity index (χ2v) is 6.76. The highest BCUT2D eigenvalue weighted by atomic mass is 19.1. The molecule has 24 heavy (non-hydrogen) atoms. The molecule has 0 bridgehead atoms. The van der Waals surface area contributed by atoms with Crippen LogP contribution in [0.3, 0.4) is 0 Å². The number of amides is 2. The van der Waals surface area contributed by atoms with Crippen LogP contribution in [0.5, 0.6) is 0 Å². The number of urea groups is 1. The molecule has 4 nitrogen and oxygen atoms in total. The second-order valence-electron chi connectivity index (χ2n) is 6.76. The number of halogens is 1. The molecule has 1 aromatic carbocycles. The van der Waals surface area contributed by atoms with Gasteiger partial charge in [-0.15, -0.1) is 0 Å². The van der Waals surface area contributed by atoms with Gasteiger partial charge in [0.25, 0.3) is 0 Å². The van der Waals surface area contributed by atoms with Crippen LogP contribution < -0.4 is 5.32 Å². The lowest BCUT2D eigenvalue weighted by Crippen LogP contribution is -2.60. The molecule has 1 saturated heterocycles.